The second-order valence-electron chi connectivity index (χ2n) is 6.23. The molecule has 0 radical (unpaired) electrons. The zero-order valence-corrected chi connectivity index (χ0v) is 15.8. The highest BCUT2D eigenvalue weighted by Crippen LogP contribution is 2.19. The Bertz CT molecular complexity index is 783. The van der Waals surface area contributed by atoms with Crippen molar-refractivity contribution in [3.8, 4) is 5.75 Å². The Kier molecular flexibility index (Phi) is 6.86. The molecule has 7 nitrogen and oxygen atoms in total. The lowest BCUT2D eigenvalue weighted by Crippen LogP contribution is -2.36. The quantitative estimate of drug-likeness (QED) is 0.740. The van der Waals surface area contributed by atoms with E-state index >= 15 is 0 Å². The Morgan fingerprint density at radius 1 is 1.04 bits per heavy atom. The van der Waals surface area contributed by atoms with E-state index in [9.17, 15) is 9.59 Å². The van der Waals surface area contributed by atoms with Crippen LogP contribution in [0.2, 0.25) is 0 Å². The van der Waals surface area contributed by atoms with Crippen LogP contribution in [0.4, 0.5) is 11.4 Å². The van der Waals surface area contributed by atoms with E-state index in [1.165, 1.54) is 0 Å². The maximum Gasteiger partial charge on any atom is 0.338 e. The monoisotopic (exact) mass is 384 g/mol. The Labute approximate surface area is 164 Å². The minimum absolute atomic E-state index is 0.350. The molecule has 1 amide bonds. The molecule has 0 aliphatic carbocycles. The average molecular weight is 384 g/mol. The third-order valence-corrected chi connectivity index (χ3v) is 4.26. The molecule has 1 aliphatic rings. The predicted octanol–water partition coefficient (Wildman–Crippen LogP) is 2.72. The van der Waals surface area contributed by atoms with Gasteiger partial charge in [0.15, 0.2) is 6.61 Å². The number of hydrogen-bond acceptors (Lipinski definition) is 6. The highest BCUT2D eigenvalue weighted by atomic mass is 16.5. The fourth-order valence-corrected chi connectivity index (χ4v) is 2.84. The van der Waals surface area contributed by atoms with Crippen LogP contribution in [-0.4, -0.2) is 51.4 Å². The van der Waals surface area contributed by atoms with Crippen molar-refractivity contribution in [1.29, 1.82) is 0 Å². The topological polar surface area (TPSA) is 77.1 Å². The number of carbonyl (C=O) groups is 2. The summed E-state index contributed by atoms with van der Waals surface area (Å²) >= 11 is 0. The van der Waals surface area contributed by atoms with Gasteiger partial charge in [-0.15, -0.1) is 0 Å². The highest BCUT2D eigenvalue weighted by Gasteiger charge is 2.13. The van der Waals surface area contributed by atoms with Crippen LogP contribution in [0.15, 0.2) is 48.5 Å². The van der Waals surface area contributed by atoms with E-state index < -0.39 is 11.9 Å². The molecule has 1 fully saturated rings. The number of nitrogens with zero attached hydrogens (tertiary/aromatic N) is 1. The highest BCUT2D eigenvalue weighted by molar-refractivity contribution is 5.95. The standard InChI is InChI=1S/C21H24N2O5/c1-2-27-19-9-3-16(4-10-19)21(25)28-15-20(24)22-17-5-7-18(8-6-17)23-11-13-26-14-12-23/h3-10H,2,11-15H2,1H3,(H,22,24). The molecule has 0 aromatic heterocycles. The molecular weight excluding hydrogens is 360 g/mol. The normalized spacial score (nSPS) is 13.7. The van der Waals surface area contributed by atoms with Gasteiger partial charge in [0.1, 0.15) is 5.75 Å². The summed E-state index contributed by atoms with van der Waals surface area (Å²) < 4.78 is 15.7. The van der Waals surface area contributed by atoms with Crippen LogP contribution in [0.25, 0.3) is 0 Å². The first kappa shape index (κ1) is 19.7. The molecule has 7 heteroatoms. The minimum atomic E-state index is -0.555. The van der Waals surface area contributed by atoms with Crippen LogP contribution < -0.4 is 15.0 Å². The summed E-state index contributed by atoms with van der Waals surface area (Å²) in [4.78, 5) is 26.3. The SMILES string of the molecule is CCOc1ccc(C(=O)OCC(=O)Nc2ccc(N3CCOCC3)cc2)cc1. The maximum absolute atomic E-state index is 12.0. The molecule has 2 aromatic rings. The van der Waals surface area contributed by atoms with Gasteiger partial charge >= 0.3 is 5.97 Å². The number of benzene rings is 2. The average Bonchev–Trinajstić information content (AvgIpc) is 2.74. The van der Waals surface area contributed by atoms with Crippen LogP contribution in [0, 0.1) is 0 Å². The lowest BCUT2D eigenvalue weighted by atomic mass is 10.2. The van der Waals surface area contributed by atoms with Gasteiger partial charge in [-0.05, 0) is 55.5 Å². The molecule has 1 heterocycles. The van der Waals surface area contributed by atoms with Crippen molar-refractivity contribution in [3.05, 3.63) is 54.1 Å². The number of anilines is 2. The smallest absolute Gasteiger partial charge is 0.338 e. The minimum Gasteiger partial charge on any atom is -0.494 e. The number of morpholine rings is 1. The zero-order valence-electron chi connectivity index (χ0n) is 15.8. The number of ether oxygens (including phenoxy) is 3. The number of rotatable bonds is 7. The van der Waals surface area contributed by atoms with Crippen molar-refractivity contribution in [3.63, 3.8) is 0 Å². The van der Waals surface area contributed by atoms with E-state index in [-0.39, 0.29) is 6.61 Å². The lowest BCUT2D eigenvalue weighted by Gasteiger charge is -2.28. The van der Waals surface area contributed by atoms with Crippen molar-refractivity contribution in [2.45, 2.75) is 6.92 Å². The van der Waals surface area contributed by atoms with Gasteiger partial charge in [0.2, 0.25) is 0 Å². The summed E-state index contributed by atoms with van der Waals surface area (Å²) in [6.07, 6.45) is 0. The van der Waals surface area contributed by atoms with Crippen LogP contribution in [-0.2, 0) is 14.3 Å². The van der Waals surface area contributed by atoms with Crippen LogP contribution in [0.3, 0.4) is 0 Å². The van der Waals surface area contributed by atoms with E-state index in [1.54, 1.807) is 24.3 Å². The van der Waals surface area contributed by atoms with Crippen molar-refractivity contribution >= 4 is 23.3 Å². The van der Waals surface area contributed by atoms with Crippen molar-refractivity contribution < 1.29 is 23.8 Å². The van der Waals surface area contributed by atoms with Gasteiger partial charge in [-0.25, -0.2) is 4.79 Å². The Morgan fingerprint density at radius 3 is 2.36 bits per heavy atom. The van der Waals surface area contributed by atoms with E-state index in [0.29, 0.717) is 23.6 Å². The van der Waals surface area contributed by atoms with Gasteiger partial charge in [-0.1, -0.05) is 0 Å². The number of esters is 1. The summed E-state index contributed by atoms with van der Waals surface area (Å²) in [7, 11) is 0. The van der Waals surface area contributed by atoms with Gasteiger partial charge in [-0.3, -0.25) is 4.79 Å². The van der Waals surface area contributed by atoms with E-state index in [2.05, 4.69) is 10.2 Å². The molecule has 0 saturated carbocycles. The molecular formula is C21H24N2O5. The molecule has 3 rings (SSSR count). The van der Waals surface area contributed by atoms with Crippen LogP contribution in [0.1, 0.15) is 17.3 Å². The Hall–Kier alpha value is -3.06. The van der Waals surface area contributed by atoms with E-state index in [4.69, 9.17) is 14.2 Å². The zero-order chi connectivity index (χ0) is 19.8. The number of carbonyl (C=O) groups excluding carboxylic acids is 2. The van der Waals surface area contributed by atoms with Gasteiger partial charge in [-0.2, -0.15) is 0 Å². The summed E-state index contributed by atoms with van der Waals surface area (Å²) in [6, 6.07) is 14.2. The van der Waals surface area contributed by atoms with Crippen LogP contribution in [0.5, 0.6) is 5.75 Å². The molecule has 0 spiro atoms. The van der Waals surface area contributed by atoms with Crippen molar-refractivity contribution in [2.75, 3.05) is 49.7 Å². The first-order valence-corrected chi connectivity index (χ1v) is 9.28. The maximum atomic E-state index is 12.0. The largest absolute Gasteiger partial charge is 0.494 e. The third-order valence-electron chi connectivity index (χ3n) is 4.26. The van der Waals surface area contributed by atoms with E-state index in [0.717, 1.165) is 32.0 Å². The van der Waals surface area contributed by atoms with Crippen LogP contribution >= 0.6 is 0 Å². The summed E-state index contributed by atoms with van der Waals surface area (Å²) in [6.45, 7) is 5.24. The lowest BCUT2D eigenvalue weighted by molar-refractivity contribution is -0.119. The number of hydrogen-bond donors (Lipinski definition) is 1. The molecule has 0 unspecified atom stereocenters. The number of amides is 1. The fourth-order valence-electron chi connectivity index (χ4n) is 2.84. The van der Waals surface area contributed by atoms with E-state index in [1.807, 2.05) is 31.2 Å². The summed E-state index contributed by atoms with van der Waals surface area (Å²) in [5.74, 6) is -0.267. The predicted molar refractivity (Wildman–Crippen MR) is 106 cm³/mol. The second-order valence-corrected chi connectivity index (χ2v) is 6.23. The first-order valence-electron chi connectivity index (χ1n) is 9.28. The molecule has 1 N–H and O–H groups in total. The van der Waals surface area contributed by atoms with Gasteiger partial charge in [0.25, 0.3) is 5.91 Å². The van der Waals surface area contributed by atoms with Gasteiger partial charge in [0, 0.05) is 24.5 Å². The molecule has 0 bridgehead atoms. The van der Waals surface area contributed by atoms with Crippen molar-refractivity contribution in [2.24, 2.45) is 0 Å². The molecule has 1 saturated heterocycles. The van der Waals surface area contributed by atoms with Gasteiger partial charge < -0.3 is 24.4 Å². The Balaban J connectivity index is 1.46. The molecule has 2 aromatic carbocycles. The fraction of sp³-hybridized carbons (Fsp3) is 0.333. The summed E-state index contributed by atoms with van der Waals surface area (Å²) in [5.41, 5.74) is 2.11. The Morgan fingerprint density at radius 2 is 1.71 bits per heavy atom. The summed E-state index contributed by atoms with van der Waals surface area (Å²) in [5, 5.41) is 2.73. The first-order chi connectivity index (χ1) is 13.7. The molecule has 0 atom stereocenters. The van der Waals surface area contributed by atoms with Crippen molar-refractivity contribution in [1.82, 2.24) is 0 Å². The molecule has 28 heavy (non-hydrogen) atoms. The molecule has 148 valence electrons. The number of nitrogens with one attached hydrogen (secondary N) is 1. The van der Waals surface area contributed by atoms with Gasteiger partial charge in [0.05, 0.1) is 25.4 Å². The second kappa shape index (κ2) is 9.75. The molecule has 1 aliphatic heterocycles. The third kappa shape index (κ3) is 5.47.